The van der Waals surface area contributed by atoms with Crippen molar-refractivity contribution in [2.24, 2.45) is 0 Å². The highest BCUT2D eigenvalue weighted by Crippen LogP contribution is 2.37. The third kappa shape index (κ3) is 3.50. The maximum Gasteiger partial charge on any atom is 0.323 e. The number of pyridine rings is 1. The van der Waals surface area contributed by atoms with Crippen LogP contribution in [0, 0.1) is 6.92 Å². The van der Waals surface area contributed by atoms with Gasteiger partial charge in [-0.25, -0.2) is 4.79 Å². The monoisotopic (exact) mass is 376 g/mol. The Kier molecular flexibility index (Phi) is 4.52. The van der Waals surface area contributed by atoms with Gasteiger partial charge in [0, 0.05) is 29.0 Å². The van der Waals surface area contributed by atoms with Crippen molar-refractivity contribution in [3.63, 3.8) is 0 Å². The predicted octanol–water partition coefficient (Wildman–Crippen LogP) is 5.84. The number of hydrogen-bond acceptors (Lipinski definition) is 2. The molecule has 3 N–H and O–H groups in total. The molecule has 134 valence electrons. The molecule has 0 spiro atoms. The van der Waals surface area contributed by atoms with Crippen LogP contribution in [-0.4, -0.2) is 16.0 Å². The second-order valence-corrected chi connectivity index (χ2v) is 6.63. The number of aromatic nitrogens is 2. The lowest BCUT2D eigenvalue weighted by Gasteiger charge is -2.10. The fourth-order valence-electron chi connectivity index (χ4n) is 2.96. The van der Waals surface area contributed by atoms with E-state index < -0.39 is 0 Å². The van der Waals surface area contributed by atoms with E-state index in [1.54, 1.807) is 12.4 Å². The Balaban J connectivity index is 1.72. The van der Waals surface area contributed by atoms with Crippen LogP contribution in [0.25, 0.3) is 22.2 Å². The van der Waals surface area contributed by atoms with Crippen LogP contribution in [0.5, 0.6) is 0 Å². The van der Waals surface area contributed by atoms with Crippen LogP contribution in [0.2, 0.25) is 5.02 Å². The molecule has 0 fully saturated rings. The first-order chi connectivity index (χ1) is 13.1. The molecule has 4 aromatic rings. The Morgan fingerprint density at radius 3 is 2.48 bits per heavy atom. The summed E-state index contributed by atoms with van der Waals surface area (Å²) in [6.45, 7) is 2.00. The zero-order chi connectivity index (χ0) is 18.8. The van der Waals surface area contributed by atoms with Crippen LogP contribution in [-0.2, 0) is 0 Å². The van der Waals surface area contributed by atoms with E-state index in [9.17, 15) is 4.79 Å². The number of urea groups is 1. The summed E-state index contributed by atoms with van der Waals surface area (Å²) in [4.78, 5) is 20.0. The molecule has 5 nitrogen and oxygen atoms in total. The number of anilines is 2. The van der Waals surface area contributed by atoms with Gasteiger partial charge in [-0.15, -0.1) is 0 Å². The second-order valence-electron chi connectivity index (χ2n) is 6.22. The van der Waals surface area contributed by atoms with E-state index in [1.807, 2.05) is 61.5 Å². The predicted molar refractivity (Wildman–Crippen MR) is 110 cm³/mol. The number of H-pyrrole nitrogens is 1. The maximum absolute atomic E-state index is 12.6. The molecule has 0 aliphatic carbocycles. The fourth-order valence-corrected chi connectivity index (χ4v) is 3.18. The van der Waals surface area contributed by atoms with E-state index in [0.29, 0.717) is 10.7 Å². The summed E-state index contributed by atoms with van der Waals surface area (Å²) in [6.07, 6.45) is 3.41. The smallest absolute Gasteiger partial charge is 0.323 e. The minimum absolute atomic E-state index is 0.324. The molecule has 6 heteroatoms. The highest BCUT2D eigenvalue weighted by atomic mass is 35.5. The van der Waals surface area contributed by atoms with Crippen molar-refractivity contribution >= 4 is 39.9 Å². The van der Waals surface area contributed by atoms with Gasteiger partial charge in [0.2, 0.25) is 0 Å². The standard InChI is InChI=1S/C21H17ClN4O/c1-13-5-7-15(8-6-13)24-21(27)26-20-16-3-2-4-17(22)19(16)25-18(20)14-9-11-23-12-10-14/h2-12,25H,1H3,(H2,24,26,27). The molecule has 2 amide bonds. The molecule has 2 heterocycles. The highest BCUT2D eigenvalue weighted by Gasteiger charge is 2.17. The number of nitrogens with zero attached hydrogens (tertiary/aromatic N) is 1. The summed E-state index contributed by atoms with van der Waals surface area (Å²) in [5.74, 6) is 0. The molecule has 2 aromatic carbocycles. The third-order valence-corrected chi connectivity index (χ3v) is 4.61. The van der Waals surface area contributed by atoms with Crippen molar-refractivity contribution in [3.05, 3.63) is 77.6 Å². The number of amides is 2. The number of nitrogens with one attached hydrogen (secondary N) is 3. The Labute approximate surface area is 161 Å². The lowest BCUT2D eigenvalue weighted by molar-refractivity contribution is 0.262. The molecule has 0 saturated carbocycles. The van der Waals surface area contributed by atoms with Crippen molar-refractivity contribution in [1.82, 2.24) is 9.97 Å². The Bertz CT molecular complexity index is 1100. The summed E-state index contributed by atoms with van der Waals surface area (Å²) >= 11 is 6.34. The SMILES string of the molecule is Cc1ccc(NC(=O)Nc2c(-c3ccncc3)[nH]c3c(Cl)cccc23)cc1. The van der Waals surface area contributed by atoms with Crippen molar-refractivity contribution in [1.29, 1.82) is 0 Å². The highest BCUT2D eigenvalue weighted by molar-refractivity contribution is 6.36. The number of rotatable bonds is 3. The number of para-hydroxylation sites is 1. The Morgan fingerprint density at radius 2 is 1.74 bits per heavy atom. The molecule has 0 unspecified atom stereocenters. The first kappa shape index (κ1) is 17.1. The first-order valence-electron chi connectivity index (χ1n) is 8.47. The second kappa shape index (κ2) is 7.13. The molecule has 0 radical (unpaired) electrons. The van der Waals surface area contributed by atoms with Gasteiger partial charge in [0.25, 0.3) is 0 Å². The number of carbonyl (C=O) groups excluding carboxylic acids is 1. The topological polar surface area (TPSA) is 69.8 Å². The number of halogens is 1. The molecule has 0 aliphatic heterocycles. The molecule has 0 aliphatic rings. The minimum atomic E-state index is -0.324. The van der Waals surface area contributed by atoms with Crippen LogP contribution in [0.3, 0.4) is 0 Å². The molecule has 4 rings (SSSR count). The number of carbonyl (C=O) groups is 1. The quantitative estimate of drug-likeness (QED) is 0.420. The number of aryl methyl sites for hydroxylation is 1. The van der Waals surface area contributed by atoms with Gasteiger partial charge in [0.1, 0.15) is 0 Å². The van der Waals surface area contributed by atoms with E-state index in [2.05, 4.69) is 20.6 Å². The summed E-state index contributed by atoms with van der Waals surface area (Å²) < 4.78 is 0. The van der Waals surface area contributed by atoms with E-state index in [1.165, 1.54) is 0 Å². The summed E-state index contributed by atoms with van der Waals surface area (Å²) in [7, 11) is 0. The number of fused-ring (bicyclic) bond motifs is 1. The van der Waals surface area contributed by atoms with Crippen molar-refractivity contribution in [2.75, 3.05) is 10.6 Å². The number of aromatic amines is 1. The first-order valence-corrected chi connectivity index (χ1v) is 8.85. The van der Waals surface area contributed by atoms with Gasteiger partial charge in [-0.05, 0) is 37.3 Å². The maximum atomic E-state index is 12.6. The average molecular weight is 377 g/mol. The van der Waals surface area contributed by atoms with Crippen LogP contribution in [0.1, 0.15) is 5.56 Å². The fraction of sp³-hybridized carbons (Fsp3) is 0.0476. The van der Waals surface area contributed by atoms with Gasteiger partial charge in [0.05, 0.1) is 21.9 Å². The van der Waals surface area contributed by atoms with Crippen molar-refractivity contribution < 1.29 is 4.79 Å². The van der Waals surface area contributed by atoms with Gasteiger partial charge < -0.3 is 15.6 Å². The molecule has 0 atom stereocenters. The third-order valence-electron chi connectivity index (χ3n) is 4.30. The normalized spacial score (nSPS) is 10.7. The van der Waals surface area contributed by atoms with E-state index in [-0.39, 0.29) is 6.03 Å². The molecule has 27 heavy (non-hydrogen) atoms. The summed E-state index contributed by atoms with van der Waals surface area (Å²) in [5.41, 5.74) is 4.98. The van der Waals surface area contributed by atoms with Gasteiger partial charge in [-0.3, -0.25) is 4.98 Å². The Hall–Kier alpha value is -3.31. The van der Waals surface area contributed by atoms with Crippen molar-refractivity contribution in [3.8, 4) is 11.3 Å². The summed E-state index contributed by atoms with van der Waals surface area (Å²) in [6, 6.07) is 16.6. The van der Waals surface area contributed by atoms with Crippen molar-refractivity contribution in [2.45, 2.75) is 6.92 Å². The molecule has 2 aromatic heterocycles. The number of hydrogen-bond donors (Lipinski definition) is 3. The van der Waals surface area contributed by atoms with Gasteiger partial charge in [-0.2, -0.15) is 0 Å². The van der Waals surface area contributed by atoms with Crippen LogP contribution in [0.15, 0.2) is 67.0 Å². The zero-order valence-electron chi connectivity index (χ0n) is 14.6. The van der Waals surface area contributed by atoms with Crippen LogP contribution >= 0.6 is 11.6 Å². The van der Waals surface area contributed by atoms with E-state index in [0.717, 1.165) is 33.4 Å². The zero-order valence-corrected chi connectivity index (χ0v) is 15.3. The number of benzene rings is 2. The lowest BCUT2D eigenvalue weighted by Crippen LogP contribution is -2.19. The molecule has 0 bridgehead atoms. The lowest BCUT2D eigenvalue weighted by atomic mass is 10.1. The van der Waals surface area contributed by atoms with Crippen LogP contribution < -0.4 is 10.6 Å². The van der Waals surface area contributed by atoms with Gasteiger partial charge in [-0.1, -0.05) is 41.4 Å². The minimum Gasteiger partial charge on any atom is -0.352 e. The molecule has 0 saturated heterocycles. The average Bonchev–Trinajstić information content (AvgIpc) is 3.04. The van der Waals surface area contributed by atoms with Crippen LogP contribution in [0.4, 0.5) is 16.2 Å². The van der Waals surface area contributed by atoms with E-state index >= 15 is 0 Å². The Morgan fingerprint density at radius 1 is 1.00 bits per heavy atom. The summed E-state index contributed by atoms with van der Waals surface area (Å²) in [5, 5.41) is 7.25. The van der Waals surface area contributed by atoms with E-state index in [4.69, 9.17) is 11.6 Å². The van der Waals surface area contributed by atoms with Gasteiger partial charge in [0.15, 0.2) is 0 Å². The molecular weight excluding hydrogens is 360 g/mol. The largest absolute Gasteiger partial charge is 0.352 e. The van der Waals surface area contributed by atoms with Gasteiger partial charge >= 0.3 is 6.03 Å². The molecular formula is C21H17ClN4O.